The first-order valence-corrected chi connectivity index (χ1v) is 9.02. The van der Waals surface area contributed by atoms with Crippen molar-refractivity contribution in [1.82, 2.24) is 14.8 Å². The number of hydrogen-bond acceptors (Lipinski definition) is 3. The Morgan fingerprint density at radius 2 is 1.61 bits per heavy atom. The van der Waals surface area contributed by atoms with E-state index in [1.165, 1.54) is 5.56 Å². The maximum Gasteiger partial charge on any atom is 0.191 e. The van der Waals surface area contributed by atoms with Crippen LogP contribution in [0.3, 0.4) is 0 Å². The highest BCUT2D eigenvalue weighted by molar-refractivity contribution is 7.99. The Morgan fingerprint density at radius 1 is 0.913 bits per heavy atom. The summed E-state index contributed by atoms with van der Waals surface area (Å²) in [5.41, 5.74) is 2.52. The molecule has 23 heavy (non-hydrogen) atoms. The highest BCUT2D eigenvalue weighted by Gasteiger charge is 2.12. The van der Waals surface area contributed by atoms with E-state index in [2.05, 4.69) is 64.2 Å². The summed E-state index contributed by atoms with van der Waals surface area (Å²) in [5.74, 6) is 2.01. The molecule has 0 aliphatic carbocycles. The third kappa shape index (κ3) is 4.02. The Balaban J connectivity index is 1.61. The first-order valence-electron chi connectivity index (χ1n) is 8.04. The molecule has 0 fully saturated rings. The summed E-state index contributed by atoms with van der Waals surface area (Å²) in [4.78, 5) is 0. The highest BCUT2D eigenvalue weighted by atomic mass is 32.2. The zero-order chi connectivity index (χ0) is 15.9. The number of nitrogens with zero attached hydrogens (tertiary/aromatic N) is 3. The number of hydrogen-bond donors (Lipinski definition) is 0. The molecule has 0 aliphatic rings. The van der Waals surface area contributed by atoms with Crippen molar-refractivity contribution >= 4 is 11.8 Å². The normalized spacial score (nSPS) is 10.8. The monoisotopic (exact) mass is 323 g/mol. The lowest BCUT2D eigenvalue weighted by Crippen LogP contribution is -2.00. The molecule has 0 radical (unpaired) electrons. The van der Waals surface area contributed by atoms with E-state index >= 15 is 0 Å². The van der Waals surface area contributed by atoms with Crippen molar-refractivity contribution in [2.24, 2.45) is 0 Å². The second-order valence-corrected chi connectivity index (χ2v) is 6.42. The summed E-state index contributed by atoms with van der Waals surface area (Å²) in [6.45, 7) is 3.03. The summed E-state index contributed by atoms with van der Waals surface area (Å²) < 4.78 is 2.20. The van der Waals surface area contributed by atoms with Crippen LogP contribution in [-0.4, -0.2) is 20.5 Å². The van der Waals surface area contributed by atoms with Crippen LogP contribution in [0.4, 0.5) is 0 Å². The molecule has 0 unspecified atom stereocenters. The minimum atomic E-state index is 0.887. The van der Waals surface area contributed by atoms with Gasteiger partial charge in [-0.25, -0.2) is 0 Å². The summed E-state index contributed by atoms with van der Waals surface area (Å²) in [7, 11) is 0. The van der Waals surface area contributed by atoms with E-state index in [4.69, 9.17) is 0 Å². The van der Waals surface area contributed by atoms with E-state index in [-0.39, 0.29) is 0 Å². The van der Waals surface area contributed by atoms with Crippen LogP contribution < -0.4 is 0 Å². The lowest BCUT2D eigenvalue weighted by Gasteiger charge is -2.07. The standard InChI is InChI=1S/C19H21N3S/c1-2-22-18(17-13-7-4-8-14-17)20-21-19(22)23-15-9-12-16-10-5-3-6-11-16/h3-8,10-11,13-14H,2,9,12,15H2,1H3. The quantitative estimate of drug-likeness (QED) is 0.467. The van der Waals surface area contributed by atoms with E-state index in [0.717, 1.165) is 41.7 Å². The van der Waals surface area contributed by atoms with Crippen LogP contribution in [0, 0.1) is 0 Å². The number of aromatic nitrogens is 3. The van der Waals surface area contributed by atoms with Gasteiger partial charge in [0.15, 0.2) is 11.0 Å². The molecule has 3 nitrogen and oxygen atoms in total. The lowest BCUT2D eigenvalue weighted by atomic mass is 10.1. The minimum absolute atomic E-state index is 0.887. The molecule has 0 bridgehead atoms. The van der Waals surface area contributed by atoms with Crippen LogP contribution in [0.1, 0.15) is 18.9 Å². The van der Waals surface area contributed by atoms with Gasteiger partial charge in [-0.1, -0.05) is 72.4 Å². The van der Waals surface area contributed by atoms with Crippen molar-refractivity contribution in [1.29, 1.82) is 0 Å². The number of aryl methyl sites for hydroxylation is 1. The van der Waals surface area contributed by atoms with Crippen molar-refractivity contribution < 1.29 is 0 Å². The smallest absolute Gasteiger partial charge is 0.191 e. The first-order chi connectivity index (χ1) is 11.4. The number of benzene rings is 2. The molecule has 0 amide bonds. The molecule has 0 saturated carbocycles. The Hall–Kier alpha value is -2.07. The zero-order valence-electron chi connectivity index (χ0n) is 13.4. The van der Waals surface area contributed by atoms with Crippen LogP contribution in [0.15, 0.2) is 65.8 Å². The molecule has 0 atom stereocenters. The molecule has 118 valence electrons. The van der Waals surface area contributed by atoms with Gasteiger partial charge in [0, 0.05) is 17.9 Å². The van der Waals surface area contributed by atoms with E-state index in [9.17, 15) is 0 Å². The number of thioether (sulfide) groups is 1. The fraction of sp³-hybridized carbons (Fsp3) is 0.263. The molecular formula is C19H21N3S. The van der Waals surface area contributed by atoms with Gasteiger partial charge in [0.2, 0.25) is 0 Å². The molecular weight excluding hydrogens is 302 g/mol. The predicted octanol–water partition coefficient (Wildman–Crippen LogP) is 4.69. The molecule has 0 aliphatic heterocycles. The molecule has 0 N–H and O–H groups in total. The molecule has 0 spiro atoms. The maximum absolute atomic E-state index is 4.39. The average Bonchev–Trinajstić information content (AvgIpc) is 3.03. The largest absolute Gasteiger partial charge is 0.302 e. The van der Waals surface area contributed by atoms with Gasteiger partial charge in [-0.05, 0) is 25.3 Å². The van der Waals surface area contributed by atoms with Gasteiger partial charge in [-0.2, -0.15) is 0 Å². The van der Waals surface area contributed by atoms with Gasteiger partial charge in [0.25, 0.3) is 0 Å². The summed E-state index contributed by atoms with van der Waals surface area (Å²) in [5, 5.41) is 9.78. The van der Waals surface area contributed by atoms with Gasteiger partial charge in [-0.3, -0.25) is 0 Å². The van der Waals surface area contributed by atoms with E-state index in [1.807, 2.05) is 18.2 Å². The third-order valence-corrected chi connectivity index (χ3v) is 4.80. The van der Waals surface area contributed by atoms with Gasteiger partial charge in [-0.15, -0.1) is 10.2 Å². The van der Waals surface area contributed by atoms with Gasteiger partial charge in [0.1, 0.15) is 0 Å². The second kappa shape index (κ2) is 7.97. The first kappa shape index (κ1) is 15.8. The minimum Gasteiger partial charge on any atom is -0.302 e. The molecule has 3 rings (SSSR count). The average molecular weight is 323 g/mol. The second-order valence-electron chi connectivity index (χ2n) is 5.35. The highest BCUT2D eigenvalue weighted by Crippen LogP contribution is 2.24. The van der Waals surface area contributed by atoms with Crippen LogP contribution in [0.5, 0.6) is 0 Å². The fourth-order valence-electron chi connectivity index (χ4n) is 2.57. The summed E-state index contributed by atoms with van der Waals surface area (Å²) >= 11 is 1.80. The van der Waals surface area contributed by atoms with Crippen molar-refractivity contribution in [3.63, 3.8) is 0 Å². The molecule has 1 heterocycles. The summed E-state index contributed by atoms with van der Waals surface area (Å²) in [6, 6.07) is 20.9. The van der Waals surface area contributed by atoms with Crippen molar-refractivity contribution in [3.8, 4) is 11.4 Å². The van der Waals surface area contributed by atoms with Crippen molar-refractivity contribution in [3.05, 3.63) is 66.2 Å². The molecule has 0 saturated heterocycles. The topological polar surface area (TPSA) is 30.7 Å². The predicted molar refractivity (Wildman–Crippen MR) is 96.6 cm³/mol. The van der Waals surface area contributed by atoms with Crippen LogP contribution in [-0.2, 0) is 13.0 Å². The van der Waals surface area contributed by atoms with Gasteiger partial charge >= 0.3 is 0 Å². The molecule has 4 heteroatoms. The van der Waals surface area contributed by atoms with Crippen molar-refractivity contribution in [2.45, 2.75) is 31.5 Å². The Morgan fingerprint density at radius 3 is 2.30 bits per heavy atom. The molecule has 1 aromatic heterocycles. The third-order valence-electron chi connectivity index (χ3n) is 3.75. The zero-order valence-corrected chi connectivity index (χ0v) is 14.2. The fourth-order valence-corrected chi connectivity index (χ4v) is 3.51. The SMILES string of the molecule is CCn1c(SCCCc2ccccc2)nnc1-c1ccccc1. The molecule has 3 aromatic rings. The van der Waals surface area contributed by atoms with Gasteiger partial charge in [0.05, 0.1) is 0 Å². The van der Waals surface area contributed by atoms with Crippen LogP contribution in [0.2, 0.25) is 0 Å². The van der Waals surface area contributed by atoms with E-state index < -0.39 is 0 Å². The molecule has 2 aromatic carbocycles. The van der Waals surface area contributed by atoms with E-state index in [0.29, 0.717) is 0 Å². The van der Waals surface area contributed by atoms with E-state index in [1.54, 1.807) is 11.8 Å². The van der Waals surface area contributed by atoms with Gasteiger partial charge < -0.3 is 4.57 Å². The van der Waals surface area contributed by atoms with Crippen LogP contribution >= 0.6 is 11.8 Å². The Bertz CT molecular complexity index is 723. The Labute approximate surface area is 141 Å². The Kier molecular flexibility index (Phi) is 5.48. The number of rotatable bonds is 7. The summed E-state index contributed by atoms with van der Waals surface area (Å²) in [6.07, 6.45) is 2.26. The maximum atomic E-state index is 4.39. The lowest BCUT2D eigenvalue weighted by molar-refractivity contribution is 0.686. The van der Waals surface area contributed by atoms with Crippen molar-refractivity contribution in [2.75, 3.05) is 5.75 Å². The van der Waals surface area contributed by atoms with Crippen LogP contribution in [0.25, 0.3) is 11.4 Å².